The Bertz CT molecular complexity index is 290. The molecule has 0 radical (unpaired) electrons. The maximum Gasteiger partial charge on any atom is 0.0999 e. The zero-order valence-electron chi connectivity index (χ0n) is 5.14. The molecular formula is C7H7NS. The van der Waals surface area contributed by atoms with E-state index in [9.17, 15) is 0 Å². The molecule has 0 fully saturated rings. The molecule has 0 bridgehead atoms. The lowest BCUT2D eigenvalue weighted by Crippen LogP contribution is -1.48. The Balaban J connectivity index is 2.92. The van der Waals surface area contributed by atoms with Crippen LogP contribution in [0.4, 0.5) is 0 Å². The van der Waals surface area contributed by atoms with Gasteiger partial charge in [0.2, 0.25) is 0 Å². The van der Waals surface area contributed by atoms with Gasteiger partial charge in [0.1, 0.15) is 0 Å². The molecule has 0 spiro atoms. The number of hydrogen-bond donors (Lipinski definition) is 1. The minimum Gasteiger partial charge on any atom is -0.353 e. The van der Waals surface area contributed by atoms with E-state index in [0.717, 1.165) is 0 Å². The number of fused-ring (bicyclic) bond motifs is 1. The minimum atomic E-state index is 1.28. The van der Waals surface area contributed by atoms with Crippen molar-refractivity contribution in [1.29, 1.82) is 0 Å². The van der Waals surface area contributed by atoms with Crippen molar-refractivity contribution < 1.29 is 0 Å². The molecule has 46 valence electrons. The van der Waals surface area contributed by atoms with E-state index in [4.69, 9.17) is 0 Å². The average Bonchev–Trinajstić information content (AvgIpc) is 2.22. The Morgan fingerprint density at radius 1 is 1.56 bits per heavy atom. The van der Waals surface area contributed by atoms with Gasteiger partial charge in [-0.25, -0.2) is 0 Å². The molecule has 1 nitrogen and oxygen atoms in total. The monoisotopic (exact) mass is 137 g/mol. The minimum absolute atomic E-state index is 1.28. The van der Waals surface area contributed by atoms with Gasteiger partial charge in [0.05, 0.1) is 4.83 Å². The Kier molecular flexibility index (Phi) is 0.904. The largest absolute Gasteiger partial charge is 0.353 e. The highest BCUT2D eigenvalue weighted by atomic mass is 32.1. The lowest BCUT2D eigenvalue weighted by molar-refractivity contribution is 1.50. The summed E-state index contributed by atoms with van der Waals surface area (Å²) in [4.78, 5) is 5.82. The number of aromatic amines is 1. The van der Waals surface area contributed by atoms with Crippen molar-refractivity contribution in [2.24, 2.45) is 0 Å². The summed E-state index contributed by atoms with van der Waals surface area (Å²) in [6.45, 7) is 2.12. The molecular weight excluding hydrogens is 130 g/mol. The SMILES string of the molecule is Cc1cc2cc[nH]c2s1. The van der Waals surface area contributed by atoms with Crippen LogP contribution in [0.25, 0.3) is 10.2 Å². The number of hydrogen-bond acceptors (Lipinski definition) is 1. The molecule has 9 heavy (non-hydrogen) atoms. The van der Waals surface area contributed by atoms with Crippen LogP contribution in [-0.4, -0.2) is 4.98 Å². The van der Waals surface area contributed by atoms with Crippen molar-refractivity contribution in [2.45, 2.75) is 6.92 Å². The number of rotatable bonds is 0. The van der Waals surface area contributed by atoms with Gasteiger partial charge < -0.3 is 4.98 Å². The van der Waals surface area contributed by atoms with Gasteiger partial charge in [0, 0.05) is 16.5 Å². The number of nitrogens with one attached hydrogen (secondary N) is 1. The molecule has 1 N–H and O–H groups in total. The molecule has 2 rings (SSSR count). The van der Waals surface area contributed by atoms with Crippen molar-refractivity contribution in [3.05, 3.63) is 23.2 Å². The van der Waals surface area contributed by atoms with Crippen LogP contribution < -0.4 is 0 Å². The Morgan fingerprint density at radius 2 is 2.44 bits per heavy atom. The second kappa shape index (κ2) is 1.61. The van der Waals surface area contributed by atoms with E-state index in [-0.39, 0.29) is 0 Å². The first-order valence-electron chi connectivity index (χ1n) is 2.90. The van der Waals surface area contributed by atoms with Gasteiger partial charge in [-0.15, -0.1) is 11.3 Å². The summed E-state index contributed by atoms with van der Waals surface area (Å²) in [5.41, 5.74) is 0. The fraction of sp³-hybridized carbons (Fsp3) is 0.143. The maximum absolute atomic E-state index is 3.16. The number of aromatic nitrogens is 1. The number of H-pyrrole nitrogens is 1. The highest BCUT2D eigenvalue weighted by molar-refractivity contribution is 7.18. The molecule has 0 amide bonds. The summed E-state index contributed by atoms with van der Waals surface area (Å²) in [7, 11) is 0. The first-order valence-corrected chi connectivity index (χ1v) is 3.71. The van der Waals surface area contributed by atoms with E-state index >= 15 is 0 Å². The molecule has 0 saturated heterocycles. The summed E-state index contributed by atoms with van der Waals surface area (Å²) in [6.07, 6.45) is 1.97. The van der Waals surface area contributed by atoms with Gasteiger partial charge >= 0.3 is 0 Å². The molecule has 0 aliphatic rings. The van der Waals surface area contributed by atoms with E-state index in [2.05, 4.69) is 24.0 Å². The van der Waals surface area contributed by atoms with Crippen LogP contribution in [-0.2, 0) is 0 Å². The van der Waals surface area contributed by atoms with E-state index in [0.29, 0.717) is 0 Å². The van der Waals surface area contributed by atoms with Crippen molar-refractivity contribution >= 4 is 21.6 Å². The molecule has 0 aliphatic heterocycles. The third-order valence-electron chi connectivity index (χ3n) is 1.36. The molecule has 0 aromatic carbocycles. The molecule has 0 saturated carbocycles. The summed E-state index contributed by atoms with van der Waals surface area (Å²) in [5, 5.41) is 1.33. The molecule has 0 atom stereocenters. The molecule has 2 aromatic rings. The fourth-order valence-corrected chi connectivity index (χ4v) is 1.86. The Hall–Kier alpha value is -0.760. The zero-order chi connectivity index (χ0) is 6.27. The fourth-order valence-electron chi connectivity index (χ4n) is 0.978. The quantitative estimate of drug-likeness (QED) is 0.574. The Labute approximate surface area is 57.3 Å². The molecule has 2 heterocycles. The predicted octanol–water partition coefficient (Wildman–Crippen LogP) is 2.54. The van der Waals surface area contributed by atoms with E-state index < -0.39 is 0 Å². The second-order valence-electron chi connectivity index (χ2n) is 2.12. The zero-order valence-corrected chi connectivity index (χ0v) is 5.96. The van der Waals surface area contributed by atoms with Gasteiger partial charge in [0.25, 0.3) is 0 Å². The highest BCUT2D eigenvalue weighted by Crippen LogP contribution is 2.22. The molecule has 0 aliphatic carbocycles. The first kappa shape index (κ1) is 5.06. The molecule has 0 unspecified atom stereocenters. The van der Waals surface area contributed by atoms with Crippen LogP contribution >= 0.6 is 11.3 Å². The lowest BCUT2D eigenvalue weighted by atomic mass is 10.4. The molecule has 2 aromatic heterocycles. The van der Waals surface area contributed by atoms with Crippen molar-refractivity contribution in [2.75, 3.05) is 0 Å². The average molecular weight is 137 g/mol. The van der Waals surface area contributed by atoms with Crippen LogP contribution in [0.2, 0.25) is 0 Å². The summed E-state index contributed by atoms with van der Waals surface area (Å²) >= 11 is 1.80. The van der Waals surface area contributed by atoms with Crippen molar-refractivity contribution in [1.82, 2.24) is 4.98 Å². The van der Waals surface area contributed by atoms with Crippen LogP contribution in [0, 0.1) is 6.92 Å². The van der Waals surface area contributed by atoms with Gasteiger partial charge in [0.15, 0.2) is 0 Å². The van der Waals surface area contributed by atoms with E-state index in [1.165, 1.54) is 15.1 Å². The Morgan fingerprint density at radius 3 is 3.22 bits per heavy atom. The smallest absolute Gasteiger partial charge is 0.0999 e. The van der Waals surface area contributed by atoms with Gasteiger partial charge in [-0.1, -0.05) is 0 Å². The van der Waals surface area contributed by atoms with Gasteiger partial charge in [-0.05, 0) is 19.1 Å². The number of aryl methyl sites for hydroxylation is 1. The van der Waals surface area contributed by atoms with Crippen molar-refractivity contribution in [3.8, 4) is 0 Å². The number of thiophene rings is 1. The van der Waals surface area contributed by atoms with E-state index in [1.807, 2.05) is 6.20 Å². The van der Waals surface area contributed by atoms with E-state index in [1.54, 1.807) is 11.3 Å². The normalized spacial score (nSPS) is 10.8. The van der Waals surface area contributed by atoms with Crippen LogP contribution in [0.5, 0.6) is 0 Å². The third kappa shape index (κ3) is 0.669. The summed E-state index contributed by atoms with van der Waals surface area (Å²) < 4.78 is 0. The maximum atomic E-state index is 3.16. The first-order chi connectivity index (χ1) is 4.36. The standard InChI is InChI=1S/C7H7NS/c1-5-4-6-2-3-8-7(6)9-5/h2-4,8H,1H3. The third-order valence-corrected chi connectivity index (χ3v) is 2.36. The van der Waals surface area contributed by atoms with Crippen LogP contribution in [0.3, 0.4) is 0 Å². The van der Waals surface area contributed by atoms with Gasteiger partial charge in [-0.2, -0.15) is 0 Å². The van der Waals surface area contributed by atoms with Gasteiger partial charge in [-0.3, -0.25) is 0 Å². The predicted molar refractivity (Wildman–Crippen MR) is 40.9 cm³/mol. The lowest BCUT2D eigenvalue weighted by Gasteiger charge is -1.71. The van der Waals surface area contributed by atoms with Crippen LogP contribution in [0.15, 0.2) is 18.3 Å². The highest BCUT2D eigenvalue weighted by Gasteiger charge is 1.95. The topological polar surface area (TPSA) is 15.8 Å². The summed E-state index contributed by atoms with van der Waals surface area (Å²) in [5.74, 6) is 0. The molecule has 2 heteroatoms. The van der Waals surface area contributed by atoms with Crippen LogP contribution in [0.1, 0.15) is 4.88 Å². The van der Waals surface area contributed by atoms with Crippen molar-refractivity contribution in [3.63, 3.8) is 0 Å². The summed E-state index contributed by atoms with van der Waals surface area (Å²) in [6, 6.07) is 4.29. The second-order valence-corrected chi connectivity index (χ2v) is 3.38.